The number of nitrogens with zero attached hydrogens (tertiary/aromatic N) is 3. The second-order valence-corrected chi connectivity index (χ2v) is 7.89. The van der Waals surface area contributed by atoms with Gasteiger partial charge in [-0.1, -0.05) is 31.7 Å². The molecule has 0 aliphatic carbocycles. The zero-order valence-corrected chi connectivity index (χ0v) is 16.8. The Morgan fingerprint density at radius 2 is 2.18 bits per heavy atom. The lowest BCUT2D eigenvalue weighted by Gasteiger charge is -2.14. The number of H-pyrrole nitrogens is 1. The van der Waals surface area contributed by atoms with Crippen molar-refractivity contribution < 1.29 is 4.79 Å². The summed E-state index contributed by atoms with van der Waals surface area (Å²) in [5.74, 6) is 0.140. The Morgan fingerprint density at radius 1 is 1.39 bits per heavy atom. The lowest BCUT2D eigenvalue weighted by atomic mass is 10.2. The maximum Gasteiger partial charge on any atom is 0.278 e. The topological polar surface area (TPSA) is 104 Å². The highest BCUT2D eigenvalue weighted by atomic mass is 32.2. The third-order valence-corrected chi connectivity index (χ3v) is 4.97. The molecule has 1 aromatic carbocycles. The van der Waals surface area contributed by atoms with Gasteiger partial charge in [0.2, 0.25) is 5.91 Å². The Morgan fingerprint density at radius 3 is 2.89 bits per heavy atom. The molecule has 2 N–H and O–H groups in total. The predicted molar refractivity (Wildman–Crippen MR) is 110 cm³/mol. The summed E-state index contributed by atoms with van der Waals surface area (Å²) in [6, 6.07) is 10.6. The SMILES string of the molecule is Cc1cc2nc(SCC(=O)Nc3cccc(C#N)c3)n(CC(C)C)c(=O)c2[nH]1. The molecule has 0 fully saturated rings. The van der Waals surface area contributed by atoms with Gasteiger partial charge in [-0.15, -0.1) is 0 Å². The molecule has 2 aromatic heterocycles. The number of benzene rings is 1. The van der Waals surface area contributed by atoms with Gasteiger partial charge in [0, 0.05) is 17.9 Å². The fourth-order valence-electron chi connectivity index (χ4n) is 2.84. The van der Waals surface area contributed by atoms with Gasteiger partial charge < -0.3 is 10.3 Å². The number of carbonyl (C=O) groups is 1. The van der Waals surface area contributed by atoms with Crippen LogP contribution in [0.25, 0.3) is 11.0 Å². The molecule has 2 heterocycles. The lowest BCUT2D eigenvalue weighted by Crippen LogP contribution is -2.26. The molecule has 0 spiro atoms. The normalized spacial score (nSPS) is 11.0. The minimum atomic E-state index is -0.226. The molecule has 3 aromatic rings. The van der Waals surface area contributed by atoms with Gasteiger partial charge in [0.15, 0.2) is 5.16 Å². The number of thioether (sulfide) groups is 1. The van der Waals surface area contributed by atoms with Gasteiger partial charge in [-0.25, -0.2) is 4.98 Å². The van der Waals surface area contributed by atoms with Crippen LogP contribution in [0.4, 0.5) is 5.69 Å². The van der Waals surface area contributed by atoms with Crippen LogP contribution in [0.3, 0.4) is 0 Å². The zero-order chi connectivity index (χ0) is 20.3. The van der Waals surface area contributed by atoms with Gasteiger partial charge in [0.25, 0.3) is 5.56 Å². The maximum atomic E-state index is 12.9. The summed E-state index contributed by atoms with van der Waals surface area (Å²) in [5, 5.41) is 12.2. The van der Waals surface area contributed by atoms with Crippen LogP contribution < -0.4 is 10.9 Å². The van der Waals surface area contributed by atoms with E-state index >= 15 is 0 Å². The van der Waals surface area contributed by atoms with Crippen LogP contribution in [0.2, 0.25) is 0 Å². The van der Waals surface area contributed by atoms with Crippen LogP contribution in [-0.4, -0.2) is 26.2 Å². The van der Waals surface area contributed by atoms with Crippen LogP contribution in [0.15, 0.2) is 40.3 Å². The number of aryl methyl sites for hydroxylation is 1. The second kappa shape index (κ2) is 8.31. The second-order valence-electron chi connectivity index (χ2n) is 6.95. The smallest absolute Gasteiger partial charge is 0.278 e. The molecule has 0 aliphatic heterocycles. The summed E-state index contributed by atoms with van der Waals surface area (Å²) in [7, 11) is 0. The molecule has 0 unspecified atom stereocenters. The first-order valence-electron chi connectivity index (χ1n) is 8.90. The zero-order valence-electron chi connectivity index (χ0n) is 15.9. The van der Waals surface area contributed by atoms with E-state index in [1.54, 1.807) is 28.8 Å². The van der Waals surface area contributed by atoms with Gasteiger partial charge in [-0.05, 0) is 37.1 Å². The molecular weight excluding hydrogens is 374 g/mol. The van der Waals surface area contributed by atoms with E-state index in [4.69, 9.17) is 5.26 Å². The number of nitriles is 1. The van der Waals surface area contributed by atoms with E-state index in [0.29, 0.717) is 34.0 Å². The van der Waals surface area contributed by atoms with Crippen molar-refractivity contribution in [1.29, 1.82) is 5.26 Å². The number of hydrogen-bond acceptors (Lipinski definition) is 5. The van der Waals surface area contributed by atoms with Crippen molar-refractivity contribution in [3.63, 3.8) is 0 Å². The minimum Gasteiger partial charge on any atom is -0.353 e. The third kappa shape index (κ3) is 4.43. The average Bonchev–Trinajstić information content (AvgIpc) is 3.03. The van der Waals surface area contributed by atoms with Gasteiger partial charge in [0.05, 0.1) is 22.9 Å². The van der Waals surface area contributed by atoms with Crippen LogP contribution >= 0.6 is 11.8 Å². The summed E-state index contributed by atoms with van der Waals surface area (Å²) in [6.07, 6.45) is 0. The number of hydrogen-bond donors (Lipinski definition) is 2. The molecule has 3 rings (SSSR count). The molecular formula is C20H21N5O2S. The predicted octanol–water partition coefficient (Wildman–Crippen LogP) is 3.29. The van der Waals surface area contributed by atoms with Crippen LogP contribution in [0.1, 0.15) is 25.1 Å². The molecule has 1 amide bonds. The highest BCUT2D eigenvalue weighted by Gasteiger charge is 2.16. The first-order chi connectivity index (χ1) is 13.4. The van der Waals surface area contributed by atoms with Crippen molar-refractivity contribution in [2.45, 2.75) is 32.5 Å². The van der Waals surface area contributed by atoms with E-state index in [0.717, 1.165) is 5.69 Å². The lowest BCUT2D eigenvalue weighted by molar-refractivity contribution is -0.113. The molecule has 0 aliphatic rings. The summed E-state index contributed by atoms with van der Waals surface area (Å²) < 4.78 is 1.62. The average molecular weight is 395 g/mol. The number of aromatic nitrogens is 3. The third-order valence-electron chi connectivity index (χ3n) is 3.99. The summed E-state index contributed by atoms with van der Waals surface area (Å²) in [4.78, 5) is 32.8. The van der Waals surface area contributed by atoms with Crippen LogP contribution in [0.5, 0.6) is 0 Å². The fraction of sp³-hybridized carbons (Fsp3) is 0.300. The molecule has 8 heteroatoms. The van der Waals surface area contributed by atoms with Gasteiger partial charge in [0.1, 0.15) is 5.52 Å². The Hall–Kier alpha value is -3.05. The van der Waals surface area contributed by atoms with Crippen molar-refractivity contribution in [3.8, 4) is 6.07 Å². The molecule has 0 bridgehead atoms. The number of fused-ring (bicyclic) bond motifs is 1. The quantitative estimate of drug-likeness (QED) is 0.492. The van der Waals surface area contributed by atoms with Crippen molar-refractivity contribution >= 4 is 34.4 Å². The standard InChI is InChI=1S/C20H21N5O2S/c1-12(2)10-25-19(27)18-16(7-13(3)22-18)24-20(25)28-11-17(26)23-15-6-4-5-14(8-15)9-21/h4-8,12,22H,10-11H2,1-3H3,(H,23,26). The summed E-state index contributed by atoms with van der Waals surface area (Å²) in [6.45, 7) is 6.46. The summed E-state index contributed by atoms with van der Waals surface area (Å²) >= 11 is 1.23. The first kappa shape index (κ1) is 19.7. The van der Waals surface area contributed by atoms with E-state index in [1.807, 2.05) is 32.9 Å². The molecule has 144 valence electrons. The Balaban J connectivity index is 1.81. The Labute approximate surface area is 166 Å². The molecule has 7 nitrogen and oxygen atoms in total. The van der Waals surface area contributed by atoms with E-state index in [1.165, 1.54) is 11.8 Å². The Kier molecular flexibility index (Phi) is 5.85. The fourth-order valence-corrected chi connectivity index (χ4v) is 3.65. The maximum absolute atomic E-state index is 12.9. The molecule has 28 heavy (non-hydrogen) atoms. The molecule has 0 radical (unpaired) electrons. The molecule has 0 atom stereocenters. The van der Waals surface area contributed by atoms with E-state index in [-0.39, 0.29) is 23.1 Å². The molecule has 0 saturated carbocycles. The molecule has 0 saturated heterocycles. The first-order valence-corrected chi connectivity index (χ1v) is 9.89. The van der Waals surface area contributed by atoms with E-state index < -0.39 is 0 Å². The summed E-state index contributed by atoms with van der Waals surface area (Å²) in [5.41, 5.74) is 2.87. The number of carbonyl (C=O) groups excluding carboxylic acids is 1. The van der Waals surface area contributed by atoms with Gasteiger partial charge >= 0.3 is 0 Å². The van der Waals surface area contributed by atoms with Crippen molar-refractivity contribution in [2.75, 3.05) is 11.1 Å². The number of aromatic amines is 1. The highest BCUT2D eigenvalue weighted by molar-refractivity contribution is 7.99. The number of nitrogens with one attached hydrogen (secondary N) is 2. The minimum absolute atomic E-state index is 0.107. The number of amides is 1. The van der Waals surface area contributed by atoms with Gasteiger partial charge in [-0.2, -0.15) is 5.26 Å². The monoisotopic (exact) mass is 395 g/mol. The van der Waals surface area contributed by atoms with Crippen molar-refractivity contribution in [3.05, 3.63) is 51.9 Å². The van der Waals surface area contributed by atoms with E-state index in [2.05, 4.69) is 15.3 Å². The van der Waals surface area contributed by atoms with Crippen LogP contribution in [-0.2, 0) is 11.3 Å². The number of rotatable bonds is 6. The van der Waals surface area contributed by atoms with Crippen molar-refractivity contribution in [2.24, 2.45) is 5.92 Å². The van der Waals surface area contributed by atoms with E-state index in [9.17, 15) is 9.59 Å². The van der Waals surface area contributed by atoms with Crippen molar-refractivity contribution in [1.82, 2.24) is 14.5 Å². The largest absolute Gasteiger partial charge is 0.353 e. The highest BCUT2D eigenvalue weighted by Crippen LogP contribution is 2.20. The Bertz CT molecular complexity index is 1120. The van der Waals surface area contributed by atoms with Crippen LogP contribution in [0, 0.1) is 24.2 Å². The van der Waals surface area contributed by atoms with Gasteiger partial charge in [-0.3, -0.25) is 14.2 Å². The number of anilines is 1.